The number of H-pyrrole nitrogens is 1. The average molecular weight is 266 g/mol. The summed E-state index contributed by atoms with van der Waals surface area (Å²) in [5.74, 6) is 0.0322. The third-order valence-corrected chi connectivity index (χ3v) is 3.16. The molecule has 20 heavy (non-hydrogen) atoms. The smallest absolute Gasteiger partial charge is 0.228 e. The Bertz CT molecular complexity index is 748. The molecule has 0 atom stereocenters. The first kappa shape index (κ1) is 12.3. The van der Waals surface area contributed by atoms with Crippen molar-refractivity contribution in [3.05, 3.63) is 60.3 Å². The molecule has 0 saturated heterocycles. The molecule has 0 radical (unpaired) electrons. The van der Waals surface area contributed by atoms with Gasteiger partial charge in [-0.2, -0.15) is 0 Å². The number of hydrogen-bond acceptors (Lipinski definition) is 2. The highest BCUT2D eigenvalue weighted by atomic mass is 16.3. The highest BCUT2D eigenvalue weighted by Gasteiger charge is 2.06. The number of rotatable bonds is 3. The predicted octanol–water partition coefficient (Wildman–Crippen LogP) is 3.05. The molecule has 0 fully saturated rings. The van der Waals surface area contributed by atoms with Crippen molar-refractivity contribution in [1.82, 2.24) is 4.98 Å². The molecule has 1 amide bonds. The standard InChI is InChI=1S/C16H14N2O2/c19-15(8-11-4-2-1-3-5-11)18-13-7-6-12-10-17-16(20)14(12)9-13/h1-7,9-10,17,20H,8H2,(H,18,19). The van der Waals surface area contributed by atoms with Crippen LogP contribution in [0.3, 0.4) is 0 Å². The Morgan fingerprint density at radius 1 is 1.15 bits per heavy atom. The van der Waals surface area contributed by atoms with Crippen molar-refractivity contribution in [3.8, 4) is 5.88 Å². The third-order valence-electron chi connectivity index (χ3n) is 3.16. The topological polar surface area (TPSA) is 65.1 Å². The van der Waals surface area contributed by atoms with Crippen molar-refractivity contribution >= 4 is 22.4 Å². The van der Waals surface area contributed by atoms with Crippen molar-refractivity contribution in [1.29, 1.82) is 0 Å². The Labute approximate surface area is 116 Å². The van der Waals surface area contributed by atoms with Gasteiger partial charge in [0.25, 0.3) is 0 Å². The zero-order valence-corrected chi connectivity index (χ0v) is 10.8. The molecule has 0 bridgehead atoms. The molecule has 0 unspecified atom stereocenters. The van der Waals surface area contributed by atoms with Gasteiger partial charge in [0.1, 0.15) is 0 Å². The molecule has 0 aliphatic carbocycles. The van der Waals surface area contributed by atoms with Crippen LogP contribution in [0.2, 0.25) is 0 Å². The number of hydrogen-bond donors (Lipinski definition) is 3. The number of carbonyl (C=O) groups excluding carboxylic acids is 1. The fourth-order valence-electron chi connectivity index (χ4n) is 2.18. The van der Waals surface area contributed by atoms with Crippen molar-refractivity contribution in [3.63, 3.8) is 0 Å². The minimum absolute atomic E-state index is 0.0782. The molecule has 2 aromatic carbocycles. The lowest BCUT2D eigenvalue weighted by Crippen LogP contribution is -2.14. The van der Waals surface area contributed by atoms with Crippen molar-refractivity contribution in [2.75, 3.05) is 5.32 Å². The summed E-state index contributed by atoms with van der Waals surface area (Å²) in [6.45, 7) is 0. The summed E-state index contributed by atoms with van der Waals surface area (Å²) in [4.78, 5) is 14.7. The lowest BCUT2D eigenvalue weighted by molar-refractivity contribution is -0.115. The van der Waals surface area contributed by atoms with Crippen LogP contribution in [0.25, 0.3) is 10.8 Å². The van der Waals surface area contributed by atoms with E-state index in [0.717, 1.165) is 10.9 Å². The maximum atomic E-state index is 12.0. The van der Waals surface area contributed by atoms with E-state index in [9.17, 15) is 9.90 Å². The molecule has 0 aliphatic heterocycles. The van der Waals surface area contributed by atoms with E-state index in [1.165, 1.54) is 0 Å². The van der Waals surface area contributed by atoms with Crippen molar-refractivity contribution in [2.45, 2.75) is 6.42 Å². The quantitative estimate of drug-likeness (QED) is 0.682. The van der Waals surface area contributed by atoms with Crippen LogP contribution >= 0.6 is 0 Å². The van der Waals surface area contributed by atoms with Crippen LogP contribution in [0.5, 0.6) is 5.88 Å². The zero-order valence-electron chi connectivity index (χ0n) is 10.8. The Morgan fingerprint density at radius 2 is 1.95 bits per heavy atom. The van der Waals surface area contributed by atoms with Crippen LogP contribution in [0.15, 0.2) is 54.7 Å². The second kappa shape index (κ2) is 5.09. The summed E-state index contributed by atoms with van der Waals surface area (Å²) in [7, 11) is 0. The minimum Gasteiger partial charge on any atom is -0.494 e. The lowest BCUT2D eigenvalue weighted by atomic mass is 10.1. The molecule has 3 N–H and O–H groups in total. The van der Waals surface area contributed by atoms with Gasteiger partial charge >= 0.3 is 0 Å². The monoisotopic (exact) mass is 266 g/mol. The van der Waals surface area contributed by atoms with Crippen LogP contribution < -0.4 is 5.32 Å². The van der Waals surface area contributed by atoms with Crippen LogP contribution in [-0.4, -0.2) is 16.0 Å². The number of amides is 1. The number of carbonyl (C=O) groups is 1. The SMILES string of the molecule is O=C(Cc1ccccc1)Nc1ccc2c[nH]c(O)c2c1. The highest BCUT2D eigenvalue weighted by molar-refractivity contribution is 5.96. The molecular formula is C16H14N2O2. The van der Waals surface area contributed by atoms with E-state index in [0.29, 0.717) is 17.5 Å². The largest absolute Gasteiger partial charge is 0.494 e. The van der Waals surface area contributed by atoms with Crippen LogP contribution in [0.1, 0.15) is 5.56 Å². The van der Waals surface area contributed by atoms with Crippen LogP contribution in [-0.2, 0) is 11.2 Å². The number of benzene rings is 2. The number of aromatic nitrogens is 1. The molecule has 1 heterocycles. The highest BCUT2D eigenvalue weighted by Crippen LogP contribution is 2.26. The van der Waals surface area contributed by atoms with Crippen LogP contribution in [0.4, 0.5) is 5.69 Å². The van der Waals surface area contributed by atoms with E-state index in [2.05, 4.69) is 10.3 Å². The molecular weight excluding hydrogens is 252 g/mol. The van der Waals surface area contributed by atoms with E-state index in [1.54, 1.807) is 12.3 Å². The van der Waals surface area contributed by atoms with Gasteiger partial charge in [0.05, 0.1) is 6.42 Å². The van der Waals surface area contributed by atoms with E-state index >= 15 is 0 Å². The Balaban J connectivity index is 1.75. The lowest BCUT2D eigenvalue weighted by Gasteiger charge is -2.05. The van der Waals surface area contributed by atoms with Gasteiger partial charge in [0.15, 0.2) is 5.88 Å². The maximum absolute atomic E-state index is 12.0. The van der Waals surface area contributed by atoms with E-state index in [4.69, 9.17) is 0 Å². The van der Waals surface area contributed by atoms with Crippen molar-refractivity contribution in [2.24, 2.45) is 0 Å². The molecule has 1 aromatic heterocycles. The van der Waals surface area contributed by atoms with Gasteiger partial charge in [-0.25, -0.2) is 0 Å². The first-order valence-electron chi connectivity index (χ1n) is 6.36. The van der Waals surface area contributed by atoms with E-state index in [-0.39, 0.29) is 11.8 Å². The number of nitrogens with one attached hydrogen (secondary N) is 2. The first-order valence-corrected chi connectivity index (χ1v) is 6.36. The maximum Gasteiger partial charge on any atom is 0.228 e. The Hall–Kier alpha value is -2.75. The predicted molar refractivity (Wildman–Crippen MR) is 78.7 cm³/mol. The van der Waals surface area contributed by atoms with Gasteiger partial charge in [-0.1, -0.05) is 36.4 Å². The summed E-state index contributed by atoms with van der Waals surface area (Å²) < 4.78 is 0. The Kier molecular flexibility index (Phi) is 3.13. The summed E-state index contributed by atoms with van der Waals surface area (Å²) in [5.41, 5.74) is 1.64. The van der Waals surface area contributed by atoms with Gasteiger partial charge < -0.3 is 15.4 Å². The first-order chi connectivity index (χ1) is 9.72. The summed E-state index contributed by atoms with van der Waals surface area (Å²) >= 11 is 0. The van der Waals surface area contributed by atoms with Gasteiger partial charge in [-0.15, -0.1) is 0 Å². The molecule has 0 spiro atoms. The fraction of sp³-hybridized carbons (Fsp3) is 0.0625. The second-order valence-electron chi connectivity index (χ2n) is 4.65. The fourth-order valence-corrected chi connectivity index (χ4v) is 2.18. The number of aromatic amines is 1. The second-order valence-corrected chi connectivity index (χ2v) is 4.65. The zero-order chi connectivity index (χ0) is 13.9. The molecule has 3 rings (SSSR count). The van der Waals surface area contributed by atoms with Gasteiger partial charge in [0, 0.05) is 22.7 Å². The van der Waals surface area contributed by atoms with E-state index < -0.39 is 0 Å². The number of aromatic hydroxyl groups is 1. The van der Waals surface area contributed by atoms with Gasteiger partial charge in [-0.05, 0) is 17.7 Å². The molecule has 0 aliphatic rings. The normalized spacial score (nSPS) is 10.6. The minimum atomic E-state index is -0.0782. The van der Waals surface area contributed by atoms with E-state index in [1.807, 2.05) is 42.5 Å². The molecule has 4 heteroatoms. The molecule has 100 valence electrons. The molecule has 4 nitrogen and oxygen atoms in total. The van der Waals surface area contributed by atoms with Gasteiger partial charge in [-0.3, -0.25) is 4.79 Å². The van der Waals surface area contributed by atoms with Crippen LogP contribution in [0, 0.1) is 0 Å². The molecule has 3 aromatic rings. The van der Waals surface area contributed by atoms with Crippen molar-refractivity contribution < 1.29 is 9.90 Å². The summed E-state index contributed by atoms with van der Waals surface area (Å²) in [6, 6.07) is 15.0. The molecule has 0 saturated carbocycles. The third kappa shape index (κ3) is 2.49. The summed E-state index contributed by atoms with van der Waals surface area (Å²) in [6.07, 6.45) is 2.05. The average Bonchev–Trinajstić information content (AvgIpc) is 2.81. The number of fused-ring (bicyclic) bond motifs is 1. The number of anilines is 1. The summed E-state index contributed by atoms with van der Waals surface area (Å²) in [5, 5.41) is 14.1. The van der Waals surface area contributed by atoms with Gasteiger partial charge in [0.2, 0.25) is 5.91 Å². The Morgan fingerprint density at radius 3 is 2.75 bits per heavy atom.